The van der Waals surface area contributed by atoms with Crippen LogP contribution in [0, 0.1) is 61.4 Å². The second-order valence-corrected chi connectivity index (χ2v) is 19.6. The molecule has 1 aliphatic rings. The van der Waals surface area contributed by atoms with Gasteiger partial charge in [-0.25, -0.2) is 0 Å². The third-order valence-corrected chi connectivity index (χ3v) is 12.6. The van der Waals surface area contributed by atoms with Crippen LogP contribution >= 0.6 is 0 Å². The van der Waals surface area contributed by atoms with E-state index in [1.165, 1.54) is 0 Å². The van der Waals surface area contributed by atoms with Gasteiger partial charge >= 0.3 is 0 Å². The molecule has 4 atom stereocenters. The Bertz CT molecular complexity index is 1410. The van der Waals surface area contributed by atoms with Crippen LogP contribution in [0.3, 0.4) is 0 Å². The predicted octanol–water partition coefficient (Wildman–Crippen LogP) is 2.22. The van der Waals surface area contributed by atoms with Gasteiger partial charge in [0, 0.05) is 94.7 Å². The molecule has 1 fully saturated rings. The second kappa shape index (κ2) is 29.4. The molecule has 0 aliphatic carbocycles. The van der Waals surface area contributed by atoms with Crippen molar-refractivity contribution in [1.82, 2.24) is 10.2 Å². The largest absolute Gasteiger partial charge is 0.389 e. The number of rotatable bonds is 28. The normalized spacial score (nSPS) is 18.7. The fraction of sp³-hybridized carbons (Fsp3) is 1.00. The van der Waals surface area contributed by atoms with Crippen LogP contribution in [0.15, 0.2) is 0 Å². The molecule has 0 spiro atoms. The summed E-state index contributed by atoms with van der Waals surface area (Å²) < 4.78 is 5.46. The van der Waals surface area contributed by atoms with Crippen molar-refractivity contribution in [3.05, 3.63) is 50.6 Å². The number of nitro groups is 5. The first-order valence-electron chi connectivity index (χ1n) is 22.1. The van der Waals surface area contributed by atoms with Crippen LogP contribution < -0.4 is 16.8 Å². The highest BCUT2D eigenvalue weighted by Crippen LogP contribution is 2.33. The van der Waals surface area contributed by atoms with Crippen molar-refractivity contribution in [3.63, 3.8) is 0 Å². The summed E-state index contributed by atoms with van der Waals surface area (Å²) >= 11 is 0. The lowest BCUT2D eigenvalue weighted by Gasteiger charge is -2.40. The molecule has 0 radical (unpaired) electrons. The molecule has 10 N–H and O–H groups in total. The summed E-state index contributed by atoms with van der Waals surface area (Å²) in [5.74, 6) is 0. The van der Waals surface area contributed by atoms with E-state index >= 15 is 0 Å². The third-order valence-electron chi connectivity index (χ3n) is 12.6. The van der Waals surface area contributed by atoms with E-state index in [1.807, 2.05) is 46.4 Å². The third kappa shape index (κ3) is 21.4. The van der Waals surface area contributed by atoms with Gasteiger partial charge in [-0.3, -0.25) is 55.5 Å². The Morgan fingerprint density at radius 2 is 0.954 bits per heavy atom. The van der Waals surface area contributed by atoms with Crippen molar-refractivity contribution in [2.75, 3.05) is 79.1 Å². The molecule has 4 unspecified atom stereocenters. The average Bonchev–Trinajstić information content (AvgIpc) is 3.24. The van der Waals surface area contributed by atoms with Crippen molar-refractivity contribution in [2.24, 2.45) is 22.3 Å². The molecule has 0 aromatic heterocycles. The Labute approximate surface area is 383 Å². The van der Waals surface area contributed by atoms with Crippen molar-refractivity contribution in [3.8, 4) is 0 Å². The highest BCUT2D eigenvalue weighted by molar-refractivity contribution is 4.89. The summed E-state index contributed by atoms with van der Waals surface area (Å²) in [6, 6.07) is 0. The van der Waals surface area contributed by atoms with Gasteiger partial charge in [0.25, 0.3) is 16.6 Å². The summed E-state index contributed by atoms with van der Waals surface area (Å²) in [5.41, 5.74) is 3.09. The topological polar surface area (TPSA) is 393 Å². The Morgan fingerprint density at radius 1 is 0.600 bits per heavy atom. The van der Waals surface area contributed by atoms with Crippen molar-refractivity contribution >= 4 is 0 Å². The summed E-state index contributed by atoms with van der Waals surface area (Å²) in [4.78, 5) is 55.1. The van der Waals surface area contributed by atoms with E-state index in [1.54, 1.807) is 34.6 Å². The molecule has 1 heterocycles. The van der Waals surface area contributed by atoms with Gasteiger partial charge in [-0.1, -0.05) is 62.3 Å². The van der Waals surface area contributed by atoms with Gasteiger partial charge in [0.15, 0.2) is 0 Å². The lowest BCUT2D eigenvalue weighted by atomic mass is 9.80. The number of aliphatic hydroxyl groups excluding tert-OH is 5. The van der Waals surface area contributed by atoms with Crippen molar-refractivity contribution in [1.29, 1.82) is 0 Å². The van der Waals surface area contributed by atoms with Crippen LogP contribution in [0.2, 0.25) is 0 Å². The molecule has 0 saturated carbocycles. The zero-order valence-corrected chi connectivity index (χ0v) is 40.9. The maximum absolute atomic E-state index is 11.4. The number of aliphatic hydroxyl groups is 5. The van der Waals surface area contributed by atoms with E-state index in [2.05, 4.69) is 5.32 Å². The van der Waals surface area contributed by atoms with E-state index in [9.17, 15) is 65.9 Å². The van der Waals surface area contributed by atoms with E-state index in [-0.39, 0.29) is 77.9 Å². The van der Waals surface area contributed by atoms with Crippen molar-refractivity contribution < 1.29 is 54.9 Å². The number of nitrogens with two attached hydrogens (primary N) is 2. The summed E-state index contributed by atoms with van der Waals surface area (Å²) in [6.45, 7) is 19.5. The molecule has 1 rings (SSSR count). The lowest BCUT2D eigenvalue weighted by Crippen LogP contribution is -2.58. The van der Waals surface area contributed by atoms with Crippen LogP contribution in [0.1, 0.15) is 134 Å². The molecule has 25 heteroatoms. The zero-order valence-electron chi connectivity index (χ0n) is 40.9. The molecular formula is C40H85N9O16. The molecule has 0 aromatic carbocycles. The molecule has 1 aliphatic heterocycles. The molecule has 25 nitrogen and oxygen atoms in total. The minimum atomic E-state index is -1.54. The number of nitrogens with one attached hydrogen (secondary N) is 1. The minimum Gasteiger partial charge on any atom is -0.389 e. The average molecular weight is 948 g/mol. The minimum absolute atomic E-state index is 0.0323. The fourth-order valence-electron chi connectivity index (χ4n) is 6.33. The van der Waals surface area contributed by atoms with Crippen LogP contribution in [-0.2, 0) is 4.74 Å². The maximum Gasteiger partial charge on any atom is 0.267 e. The van der Waals surface area contributed by atoms with Gasteiger partial charge in [-0.2, -0.15) is 0 Å². The Balaban J connectivity index is -0.000000889. The van der Waals surface area contributed by atoms with E-state index in [0.29, 0.717) is 52.2 Å². The highest BCUT2D eigenvalue weighted by atomic mass is 16.7. The van der Waals surface area contributed by atoms with E-state index in [4.69, 9.17) is 26.4 Å². The number of ether oxygens (including phenoxy) is 1. The van der Waals surface area contributed by atoms with Crippen LogP contribution in [0.4, 0.5) is 0 Å². The van der Waals surface area contributed by atoms with Gasteiger partial charge in [0.1, 0.15) is 39.6 Å². The number of hydrogen-bond donors (Lipinski definition) is 8. The van der Waals surface area contributed by atoms with Gasteiger partial charge in [0.2, 0.25) is 11.1 Å². The highest BCUT2D eigenvalue weighted by Gasteiger charge is 2.48. The predicted molar refractivity (Wildman–Crippen MR) is 244 cm³/mol. The van der Waals surface area contributed by atoms with Crippen LogP contribution in [0.25, 0.3) is 0 Å². The summed E-state index contributed by atoms with van der Waals surface area (Å²) in [5, 5.41) is 104. The standard InChI is InChI=1S/C16H31N3O6.C15H31N3O6.C5H11NO4.C4H12N2/c1-5-15(11-20,18(21)22)8-7-14(3,4)9-17-10-16(6-2,19(23)24)12-25-13-17;1-5-14(11-19,17(21)22)8-7-13(3,4)9-16-10-15(6-2,12-20)18(23)24;1-2-5(3-7,4-8)6(9)10;1-4(2,6)3-5/h20H,5-13H2,1-4H3;16,19-20H,5-12H2,1-4H3;7-8H,2-4H2,1H3;3,5-6H2,1-2H3. The van der Waals surface area contributed by atoms with Crippen LogP contribution in [-0.4, -0.2) is 167 Å². The fourth-order valence-corrected chi connectivity index (χ4v) is 6.33. The second-order valence-electron chi connectivity index (χ2n) is 19.6. The SMILES string of the molecule is CC(C)(N)CN.CCC(CO)(CCC(C)(C)CN1COCC(CC)([N+](=O)[O-])C1)[N+](=O)[O-].CCC(CO)(CCC(C)(C)CNCC(CC)(CO)[N+](=O)[O-])[N+](=O)[O-].CCC(CO)(CO)[N+](=O)[O-]. The lowest BCUT2D eigenvalue weighted by molar-refractivity contribution is -0.582. The molecule has 0 amide bonds. The molecule has 1 saturated heterocycles. The molecule has 386 valence electrons. The Morgan fingerprint density at radius 3 is 1.22 bits per heavy atom. The smallest absolute Gasteiger partial charge is 0.267 e. The zero-order chi connectivity index (χ0) is 51.7. The molecular weight excluding hydrogens is 862 g/mol. The van der Waals surface area contributed by atoms with Gasteiger partial charge in [-0.05, 0) is 37.5 Å². The summed E-state index contributed by atoms with van der Waals surface area (Å²) in [7, 11) is 0. The first kappa shape index (κ1) is 65.9. The van der Waals surface area contributed by atoms with Crippen molar-refractivity contribution in [2.45, 2.75) is 167 Å². The first-order chi connectivity index (χ1) is 29.8. The maximum atomic E-state index is 11.4. The summed E-state index contributed by atoms with van der Waals surface area (Å²) in [6.07, 6.45) is 2.76. The van der Waals surface area contributed by atoms with Gasteiger partial charge in [-0.15, -0.1) is 0 Å². The molecule has 65 heavy (non-hydrogen) atoms. The number of nitrogens with zero attached hydrogens (tertiary/aromatic N) is 6. The Kier molecular flexibility index (Phi) is 29.8. The van der Waals surface area contributed by atoms with Gasteiger partial charge < -0.3 is 47.1 Å². The van der Waals surface area contributed by atoms with E-state index in [0.717, 1.165) is 0 Å². The number of hydrogen-bond acceptors (Lipinski definition) is 20. The Hall–Kier alpha value is -3.40. The van der Waals surface area contributed by atoms with E-state index < -0.39 is 75.5 Å². The first-order valence-corrected chi connectivity index (χ1v) is 22.1. The van der Waals surface area contributed by atoms with Gasteiger partial charge in [0.05, 0.1) is 19.8 Å². The quantitative estimate of drug-likeness (QED) is 0.0412. The van der Waals surface area contributed by atoms with Crippen LogP contribution in [0.5, 0.6) is 0 Å². The molecule has 0 bridgehead atoms. The monoisotopic (exact) mass is 948 g/mol. The molecule has 0 aromatic rings.